The van der Waals surface area contributed by atoms with Crippen LogP contribution in [-0.2, 0) is 15.6 Å². The molecule has 1 atom stereocenters. The van der Waals surface area contributed by atoms with Gasteiger partial charge in [-0.25, -0.2) is 8.42 Å². The van der Waals surface area contributed by atoms with Crippen LogP contribution in [0.15, 0.2) is 24.3 Å². The first-order valence-corrected chi connectivity index (χ1v) is 8.29. The molecular formula is C13H20ClNO2S. The molecule has 0 bridgehead atoms. The Morgan fingerprint density at radius 2 is 1.89 bits per heavy atom. The molecule has 0 amide bonds. The second-order valence-electron chi connectivity index (χ2n) is 4.46. The van der Waals surface area contributed by atoms with Crippen LogP contribution in [0.4, 0.5) is 0 Å². The predicted molar refractivity (Wildman–Crippen MR) is 76.7 cm³/mol. The average Bonchev–Trinajstić information content (AvgIpc) is 2.31. The molecule has 3 nitrogen and oxygen atoms in total. The fourth-order valence-electron chi connectivity index (χ4n) is 1.86. The maximum atomic E-state index is 12.1. The summed E-state index contributed by atoms with van der Waals surface area (Å²) in [5.74, 6) is 0.256. The molecule has 1 unspecified atom stereocenters. The van der Waals surface area contributed by atoms with E-state index in [4.69, 9.17) is 11.6 Å². The predicted octanol–water partition coefficient (Wildman–Crippen LogP) is 2.64. The Labute approximate surface area is 114 Å². The lowest BCUT2D eigenvalue weighted by Gasteiger charge is -2.15. The quantitative estimate of drug-likeness (QED) is 0.839. The first-order valence-electron chi connectivity index (χ1n) is 6.09. The van der Waals surface area contributed by atoms with Crippen LogP contribution in [0.3, 0.4) is 0 Å². The van der Waals surface area contributed by atoms with Crippen molar-refractivity contribution in [2.75, 3.05) is 12.8 Å². The van der Waals surface area contributed by atoms with Crippen LogP contribution >= 0.6 is 11.6 Å². The molecule has 0 radical (unpaired) electrons. The number of benzene rings is 1. The smallest absolute Gasteiger partial charge is 0.155 e. The van der Waals surface area contributed by atoms with E-state index in [-0.39, 0.29) is 17.5 Å². The lowest BCUT2D eigenvalue weighted by molar-refractivity contribution is 0.536. The van der Waals surface area contributed by atoms with Crippen LogP contribution in [0.25, 0.3) is 0 Å². The summed E-state index contributed by atoms with van der Waals surface area (Å²) in [4.78, 5) is 0. The molecule has 0 saturated carbocycles. The third-order valence-corrected chi connectivity index (χ3v) is 4.74. The molecule has 0 aliphatic carbocycles. The highest BCUT2D eigenvalue weighted by Gasteiger charge is 2.17. The summed E-state index contributed by atoms with van der Waals surface area (Å²) in [6.45, 7) is 2.05. The summed E-state index contributed by atoms with van der Waals surface area (Å²) in [6.07, 6.45) is 1.85. The van der Waals surface area contributed by atoms with Crippen LogP contribution in [0.5, 0.6) is 0 Å². The van der Waals surface area contributed by atoms with Gasteiger partial charge in [0.15, 0.2) is 9.84 Å². The van der Waals surface area contributed by atoms with Gasteiger partial charge in [0, 0.05) is 11.1 Å². The average molecular weight is 290 g/mol. The summed E-state index contributed by atoms with van der Waals surface area (Å²) < 4.78 is 24.1. The summed E-state index contributed by atoms with van der Waals surface area (Å²) in [5, 5.41) is 3.67. The third kappa shape index (κ3) is 5.38. The fourth-order valence-corrected chi connectivity index (χ4v) is 3.75. The highest BCUT2D eigenvalue weighted by atomic mass is 35.5. The van der Waals surface area contributed by atoms with E-state index in [1.165, 1.54) is 0 Å². The lowest BCUT2D eigenvalue weighted by Crippen LogP contribution is -2.33. The minimum Gasteiger partial charge on any atom is -0.316 e. The van der Waals surface area contributed by atoms with Crippen molar-refractivity contribution >= 4 is 21.4 Å². The van der Waals surface area contributed by atoms with Crippen molar-refractivity contribution in [2.45, 2.75) is 31.6 Å². The van der Waals surface area contributed by atoms with Crippen molar-refractivity contribution in [2.24, 2.45) is 0 Å². The molecule has 18 heavy (non-hydrogen) atoms. The molecule has 1 aromatic carbocycles. The van der Waals surface area contributed by atoms with E-state index in [2.05, 4.69) is 12.2 Å². The first kappa shape index (κ1) is 15.5. The van der Waals surface area contributed by atoms with Gasteiger partial charge in [0.2, 0.25) is 0 Å². The van der Waals surface area contributed by atoms with Gasteiger partial charge in [-0.15, -0.1) is 0 Å². The Kier molecular flexibility index (Phi) is 6.12. The van der Waals surface area contributed by atoms with Crippen LogP contribution in [-0.4, -0.2) is 27.3 Å². The number of rotatable bonds is 7. The zero-order valence-electron chi connectivity index (χ0n) is 10.8. The van der Waals surface area contributed by atoms with Crippen LogP contribution in [0, 0.1) is 0 Å². The van der Waals surface area contributed by atoms with Crippen molar-refractivity contribution in [3.8, 4) is 0 Å². The Bertz CT molecular complexity index is 456. The molecular weight excluding hydrogens is 270 g/mol. The minimum absolute atomic E-state index is 0.0345. The van der Waals surface area contributed by atoms with Gasteiger partial charge in [-0.3, -0.25) is 0 Å². The highest BCUT2D eigenvalue weighted by Crippen LogP contribution is 2.13. The first-order chi connectivity index (χ1) is 8.46. The molecule has 1 rings (SSSR count). The van der Waals surface area contributed by atoms with E-state index in [0.29, 0.717) is 5.02 Å². The Morgan fingerprint density at radius 3 is 2.39 bits per heavy atom. The second kappa shape index (κ2) is 7.12. The van der Waals surface area contributed by atoms with Crippen molar-refractivity contribution in [1.82, 2.24) is 5.32 Å². The van der Waals surface area contributed by atoms with Crippen molar-refractivity contribution < 1.29 is 8.42 Å². The molecule has 0 aliphatic heterocycles. The lowest BCUT2D eigenvalue weighted by atomic mass is 10.2. The largest absolute Gasteiger partial charge is 0.316 e. The van der Waals surface area contributed by atoms with Crippen molar-refractivity contribution in [3.05, 3.63) is 34.9 Å². The molecule has 0 spiro atoms. The van der Waals surface area contributed by atoms with Gasteiger partial charge in [-0.05, 0) is 31.2 Å². The van der Waals surface area contributed by atoms with Crippen molar-refractivity contribution in [1.29, 1.82) is 0 Å². The van der Waals surface area contributed by atoms with Crippen molar-refractivity contribution in [3.63, 3.8) is 0 Å². The topological polar surface area (TPSA) is 46.2 Å². The molecule has 0 fully saturated rings. The standard InChI is InChI=1S/C13H20ClNO2S/c1-3-4-13(15-2)10-18(16,17)9-11-5-7-12(14)8-6-11/h5-8,13,15H,3-4,9-10H2,1-2H3. The van der Waals surface area contributed by atoms with Gasteiger partial charge in [0.1, 0.15) is 0 Å². The monoisotopic (exact) mass is 289 g/mol. The maximum Gasteiger partial charge on any atom is 0.155 e. The van der Waals surface area contributed by atoms with E-state index in [1.54, 1.807) is 31.3 Å². The van der Waals surface area contributed by atoms with E-state index in [9.17, 15) is 8.42 Å². The zero-order valence-corrected chi connectivity index (χ0v) is 12.4. The zero-order chi connectivity index (χ0) is 13.6. The molecule has 5 heteroatoms. The normalized spacial score (nSPS) is 13.5. The maximum absolute atomic E-state index is 12.1. The fraction of sp³-hybridized carbons (Fsp3) is 0.538. The van der Waals surface area contributed by atoms with E-state index in [1.807, 2.05) is 0 Å². The third-order valence-electron chi connectivity index (χ3n) is 2.80. The molecule has 0 aliphatic rings. The minimum atomic E-state index is -3.09. The van der Waals surface area contributed by atoms with Crippen LogP contribution < -0.4 is 5.32 Å². The summed E-state index contributed by atoms with van der Waals surface area (Å²) in [6, 6.07) is 6.98. The van der Waals surface area contributed by atoms with Gasteiger partial charge in [0.05, 0.1) is 11.5 Å². The number of hydrogen-bond acceptors (Lipinski definition) is 3. The summed E-state index contributed by atoms with van der Waals surface area (Å²) in [7, 11) is -1.28. The highest BCUT2D eigenvalue weighted by molar-refractivity contribution is 7.90. The SMILES string of the molecule is CCCC(CS(=O)(=O)Cc1ccc(Cl)cc1)NC. The summed E-state index contributed by atoms with van der Waals surface area (Å²) in [5.41, 5.74) is 0.783. The summed E-state index contributed by atoms with van der Waals surface area (Å²) >= 11 is 5.77. The van der Waals surface area contributed by atoms with Gasteiger partial charge in [-0.1, -0.05) is 37.1 Å². The molecule has 1 aromatic rings. The van der Waals surface area contributed by atoms with Gasteiger partial charge < -0.3 is 5.32 Å². The van der Waals surface area contributed by atoms with Gasteiger partial charge in [0.25, 0.3) is 0 Å². The van der Waals surface area contributed by atoms with Crippen LogP contribution in [0.1, 0.15) is 25.3 Å². The number of sulfone groups is 1. The van der Waals surface area contributed by atoms with E-state index >= 15 is 0 Å². The number of nitrogens with one attached hydrogen (secondary N) is 1. The number of halogens is 1. The Hall–Kier alpha value is -0.580. The van der Waals surface area contributed by atoms with E-state index in [0.717, 1.165) is 18.4 Å². The molecule has 102 valence electrons. The van der Waals surface area contributed by atoms with E-state index < -0.39 is 9.84 Å². The molecule has 0 aromatic heterocycles. The van der Waals surface area contributed by atoms with Gasteiger partial charge >= 0.3 is 0 Å². The Morgan fingerprint density at radius 1 is 1.28 bits per heavy atom. The Balaban J connectivity index is 2.66. The number of hydrogen-bond donors (Lipinski definition) is 1. The van der Waals surface area contributed by atoms with Gasteiger partial charge in [-0.2, -0.15) is 0 Å². The molecule has 0 heterocycles. The molecule has 0 saturated heterocycles. The van der Waals surface area contributed by atoms with Crippen LogP contribution in [0.2, 0.25) is 5.02 Å². The second-order valence-corrected chi connectivity index (χ2v) is 7.00. The molecule has 1 N–H and O–H groups in total.